The summed E-state index contributed by atoms with van der Waals surface area (Å²) in [6.07, 6.45) is 2.29. The predicted octanol–water partition coefficient (Wildman–Crippen LogP) is 4.60. The van der Waals surface area contributed by atoms with E-state index in [1.165, 1.54) is 0 Å². The number of benzene rings is 1. The first-order valence-electron chi connectivity index (χ1n) is 6.35. The number of anilines is 1. The van der Waals surface area contributed by atoms with Gasteiger partial charge in [0, 0.05) is 23.5 Å². The van der Waals surface area contributed by atoms with Gasteiger partial charge in [0.1, 0.15) is 17.4 Å². The lowest BCUT2D eigenvalue weighted by atomic mass is 10.3. The van der Waals surface area contributed by atoms with Crippen LogP contribution in [0, 0.1) is 0 Å². The molecule has 1 fully saturated rings. The minimum atomic E-state index is 0.462. The fraction of sp³-hybridized carbons (Fsp3) is 0.286. The van der Waals surface area contributed by atoms with Crippen LogP contribution in [0.25, 0.3) is 0 Å². The van der Waals surface area contributed by atoms with Crippen LogP contribution in [0.5, 0.6) is 11.6 Å². The van der Waals surface area contributed by atoms with Crippen molar-refractivity contribution in [1.82, 2.24) is 9.97 Å². The minimum Gasteiger partial charge on any atom is -0.437 e. The zero-order valence-electron chi connectivity index (χ0n) is 10.9. The second kappa shape index (κ2) is 5.58. The second-order valence-corrected chi connectivity index (χ2v) is 5.97. The van der Waals surface area contributed by atoms with Gasteiger partial charge in [-0.2, -0.15) is 4.98 Å². The Morgan fingerprint density at radius 3 is 2.80 bits per heavy atom. The van der Waals surface area contributed by atoms with E-state index in [9.17, 15) is 0 Å². The van der Waals surface area contributed by atoms with Crippen LogP contribution in [0.2, 0.25) is 5.02 Å². The predicted molar refractivity (Wildman–Crippen MR) is 82.8 cm³/mol. The molecule has 1 aliphatic rings. The van der Waals surface area contributed by atoms with Gasteiger partial charge in [0.2, 0.25) is 5.88 Å². The van der Waals surface area contributed by atoms with Crippen LogP contribution in [0.1, 0.15) is 24.6 Å². The van der Waals surface area contributed by atoms with Crippen LogP contribution in [-0.2, 0) is 0 Å². The van der Waals surface area contributed by atoms with E-state index in [2.05, 4.69) is 31.2 Å². The van der Waals surface area contributed by atoms with Crippen LogP contribution in [-0.4, -0.2) is 17.0 Å². The lowest BCUT2D eigenvalue weighted by Crippen LogP contribution is -2.01. The number of nitrogens with one attached hydrogen (secondary N) is 1. The van der Waals surface area contributed by atoms with Crippen LogP contribution >= 0.6 is 27.5 Å². The Hall–Kier alpha value is -1.33. The van der Waals surface area contributed by atoms with Crippen molar-refractivity contribution >= 4 is 33.3 Å². The molecule has 1 aromatic carbocycles. The lowest BCUT2D eigenvalue weighted by molar-refractivity contribution is 0.459. The van der Waals surface area contributed by atoms with E-state index in [0.29, 0.717) is 22.6 Å². The van der Waals surface area contributed by atoms with E-state index in [-0.39, 0.29) is 0 Å². The highest BCUT2D eigenvalue weighted by molar-refractivity contribution is 9.10. The molecule has 1 heterocycles. The maximum Gasteiger partial charge on any atom is 0.224 e. The summed E-state index contributed by atoms with van der Waals surface area (Å²) in [5.74, 6) is 3.12. The summed E-state index contributed by atoms with van der Waals surface area (Å²) in [6.45, 7) is 0. The van der Waals surface area contributed by atoms with E-state index < -0.39 is 0 Å². The van der Waals surface area contributed by atoms with Gasteiger partial charge >= 0.3 is 0 Å². The Kier molecular flexibility index (Phi) is 3.81. The van der Waals surface area contributed by atoms with Gasteiger partial charge in [-0.25, -0.2) is 4.98 Å². The average molecular weight is 355 g/mol. The molecule has 4 nitrogen and oxygen atoms in total. The van der Waals surface area contributed by atoms with Crippen LogP contribution in [0.15, 0.2) is 28.7 Å². The summed E-state index contributed by atoms with van der Waals surface area (Å²) in [4.78, 5) is 8.91. The number of rotatable bonds is 4. The van der Waals surface area contributed by atoms with Crippen molar-refractivity contribution < 1.29 is 4.74 Å². The molecule has 1 N–H and O–H groups in total. The van der Waals surface area contributed by atoms with Gasteiger partial charge in [0.05, 0.1) is 5.02 Å². The Labute approximate surface area is 130 Å². The molecule has 0 atom stereocenters. The molecule has 1 aliphatic carbocycles. The van der Waals surface area contributed by atoms with Crippen molar-refractivity contribution in [3.8, 4) is 11.6 Å². The van der Waals surface area contributed by atoms with Crippen molar-refractivity contribution in [3.63, 3.8) is 0 Å². The Morgan fingerprint density at radius 2 is 2.10 bits per heavy atom. The maximum atomic E-state index is 6.13. The highest BCUT2D eigenvalue weighted by Gasteiger charge is 2.27. The van der Waals surface area contributed by atoms with Crippen molar-refractivity contribution in [1.29, 1.82) is 0 Å². The summed E-state index contributed by atoms with van der Waals surface area (Å²) in [5, 5.41) is 3.58. The third-order valence-electron chi connectivity index (χ3n) is 3.03. The SMILES string of the molecule is CNc1cc(Oc2cc(Br)ccc2Cl)nc(C2CC2)n1. The number of nitrogens with zero attached hydrogens (tertiary/aromatic N) is 2. The van der Waals surface area contributed by atoms with E-state index in [1.54, 1.807) is 12.1 Å². The molecule has 0 bridgehead atoms. The van der Waals surface area contributed by atoms with Gasteiger partial charge < -0.3 is 10.1 Å². The molecule has 20 heavy (non-hydrogen) atoms. The lowest BCUT2D eigenvalue weighted by Gasteiger charge is -2.10. The highest BCUT2D eigenvalue weighted by Crippen LogP contribution is 2.40. The normalized spacial score (nSPS) is 14.2. The zero-order valence-corrected chi connectivity index (χ0v) is 13.2. The third kappa shape index (κ3) is 3.04. The molecule has 0 saturated heterocycles. The fourth-order valence-corrected chi connectivity index (χ4v) is 2.31. The molecule has 0 unspecified atom stereocenters. The van der Waals surface area contributed by atoms with Gasteiger partial charge in [0.15, 0.2) is 0 Å². The first kappa shape index (κ1) is 13.6. The van der Waals surface area contributed by atoms with Crippen molar-refractivity contribution in [2.45, 2.75) is 18.8 Å². The number of aromatic nitrogens is 2. The van der Waals surface area contributed by atoms with Crippen LogP contribution < -0.4 is 10.1 Å². The molecule has 1 saturated carbocycles. The van der Waals surface area contributed by atoms with E-state index in [0.717, 1.165) is 29.0 Å². The van der Waals surface area contributed by atoms with Gasteiger partial charge in [-0.15, -0.1) is 0 Å². The molecule has 2 aromatic rings. The standard InChI is InChI=1S/C14H13BrClN3O/c1-17-12-7-13(19-14(18-12)8-2-3-8)20-11-6-9(15)4-5-10(11)16/h4-8H,2-3H2,1H3,(H,17,18,19). The third-order valence-corrected chi connectivity index (χ3v) is 3.83. The summed E-state index contributed by atoms with van der Waals surface area (Å²) in [5.41, 5.74) is 0. The Morgan fingerprint density at radius 1 is 1.30 bits per heavy atom. The second-order valence-electron chi connectivity index (χ2n) is 4.65. The minimum absolute atomic E-state index is 0.462. The summed E-state index contributed by atoms with van der Waals surface area (Å²) in [7, 11) is 1.83. The smallest absolute Gasteiger partial charge is 0.224 e. The molecule has 3 rings (SSSR count). The molecule has 0 amide bonds. The monoisotopic (exact) mass is 353 g/mol. The van der Waals surface area contributed by atoms with Crippen molar-refractivity contribution in [3.05, 3.63) is 39.6 Å². The van der Waals surface area contributed by atoms with Crippen LogP contribution in [0.3, 0.4) is 0 Å². The van der Waals surface area contributed by atoms with E-state index in [4.69, 9.17) is 16.3 Å². The molecule has 1 aromatic heterocycles. The van der Waals surface area contributed by atoms with Crippen molar-refractivity contribution in [2.75, 3.05) is 12.4 Å². The maximum absolute atomic E-state index is 6.13. The summed E-state index contributed by atoms with van der Waals surface area (Å²) < 4.78 is 6.70. The van der Waals surface area contributed by atoms with E-state index in [1.807, 2.05) is 19.2 Å². The first-order chi connectivity index (χ1) is 9.65. The molecule has 104 valence electrons. The highest BCUT2D eigenvalue weighted by atomic mass is 79.9. The van der Waals surface area contributed by atoms with Gasteiger partial charge in [0.25, 0.3) is 0 Å². The van der Waals surface area contributed by atoms with Gasteiger partial charge in [-0.05, 0) is 31.0 Å². The fourth-order valence-electron chi connectivity index (χ4n) is 1.82. The Bertz CT molecular complexity index is 646. The van der Waals surface area contributed by atoms with E-state index >= 15 is 0 Å². The first-order valence-corrected chi connectivity index (χ1v) is 7.52. The summed E-state index contributed by atoms with van der Waals surface area (Å²) >= 11 is 9.53. The number of ether oxygens (including phenoxy) is 1. The zero-order chi connectivity index (χ0) is 14.1. The van der Waals surface area contributed by atoms with Crippen molar-refractivity contribution in [2.24, 2.45) is 0 Å². The number of halogens is 2. The summed E-state index contributed by atoms with van der Waals surface area (Å²) in [6, 6.07) is 7.23. The van der Waals surface area contributed by atoms with Gasteiger partial charge in [-0.1, -0.05) is 27.5 Å². The molecule has 6 heteroatoms. The molecular formula is C14H13BrClN3O. The topological polar surface area (TPSA) is 47.0 Å². The van der Waals surface area contributed by atoms with Crippen LogP contribution in [0.4, 0.5) is 5.82 Å². The average Bonchev–Trinajstić information content (AvgIpc) is 3.27. The largest absolute Gasteiger partial charge is 0.437 e. The number of hydrogen-bond donors (Lipinski definition) is 1. The van der Waals surface area contributed by atoms with Gasteiger partial charge in [-0.3, -0.25) is 0 Å². The quantitative estimate of drug-likeness (QED) is 0.871. The Balaban J connectivity index is 1.93. The molecule has 0 radical (unpaired) electrons. The molecule has 0 spiro atoms. The molecule has 0 aliphatic heterocycles. The number of hydrogen-bond acceptors (Lipinski definition) is 4. The molecular weight excluding hydrogens is 342 g/mol.